The topological polar surface area (TPSA) is 80.1 Å². The maximum atomic E-state index is 12.2. The molecule has 0 aliphatic carbocycles. The summed E-state index contributed by atoms with van der Waals surface area (Å²) in [6.45, 7) is 2.82. The average molecular weight is 304 g/mol. The van der Waals surface area contributed by atoms with Gasteiger partial charge in [-0.25, -0.2) is 0 Å². The molecular weight excluding hydrogens is 288 g/mol. The predicted octanol–water partition coefficient (Wildman–Crippen LogP) is 1.69. The first-order valence-electron chi connectivity index (χ1n) is 6.73. The maximum absolute atomic E-state index is 12.2. The third-order valence-electron chi connectivity index (χ3n) is 3.33. The van der Waals surface area contributed by atoms with Gasteiger partial charge in [-0.1, -0.05) is 0 Å². The van der Waals surface area contributed by atoms with Crippen molar-refractivity contribution in [3.05, 3.63) is 30.2 Å². The summed E-state index contributed by atoms with van der Waals surface area (Å²) < 4.78 is 5.17. The zero-order valence-electron chi connectivity index (χ0n) is 11.6. The molecule has 7 heteroatoms. The molecule has 21 heavy (non-hydrogen) atoms. The van der Waals surface area contributed by atoms with Gasteiger partial charge in [-0.15, -0.1) is 10.2 Å². The van der Waals surface area contributed by atoms with E-state index in [4.69, 9.17) is 4.42 Å². The van der Waals surface area contributed by atoms with Crippen LogP contribution in [0.25, 0.3) is 11.5 Å². The highest BCUT2D eigenvalue weighted by atomic mass is 32.2. The Bertz CT molecular complexity index is 624. The number of anilines is 1. The molecule has 1 saturated heterocycles. The van der Waals surface area contributed by atoms with Crippen LogP contribution in [0.3, 0.4) is 0 Å². The van der Waals surface area contributed by atoms with Crippen LogP contribution in [0.1, 0.15) is 5.56 Å². The monoisotopic (exact) mass is 304 g/mol. The van der Waals surface area contributed by atoms with E-state index >= 15 is 0 Å². The molecule has 2 aromatic rings. The number of aryl methyl sites for hydroxylation is 1. The van der Waals surface area contributed by atoms with E-state index in [2.05, 4.69) is 20.8 Å². The summed E-state index contributed by atoms with van der Waals surface area (Å²) in [6.07, 6.45) is 1.30. The Labute approximate surface area is 126 Å². The molecule has 1 aromatic heterocycles. The van der Waals surface area contributed by atoms with Gasteiger partial charge in [0.1, 0.15) is 0 Å². The molecule has 0 radical (unpaired) electrons. The third kappa shape index (κ3) is 3.25. The molecule has 1 aliphatic rings. The molecule has 2 heterocycles. The van der Waals surface area contributed by atoms with Crippen molar-refractivity contribution in [1.29, 1.82) is 0 Å². The van der Waals surface area contributed by atoms with Crippen LogP contribution >= 0.6 is 11.8 Å². The second-order valence-electron chi connectivity index (χ2n) is 4.84. The number of nitrogens with zero attached hydrogens (tertiary/aromatic N) is 2. The minimum Gasteiger partial charge on any atom is -0.423 e. The van der Waals surface area contributed by atoms with E-state index in [1.807, 2.05) is 25.1 Å². The molecule has 1 amide bonds. The zero-order valence-corrected chi connectivity index (χ0v) is 12.4. The van der Waals surface area contributed by atoms with Gasteiger partial charge in [-0.3, -0.25) is 4.79 Å². The number of nitrogens with one attached hydrogen (secondary N) is 2. The van der Waals surface area contributed by atoms with Crippen LogP contribution in [-0.2, 0) is 4.79 Å². The summed E-state index contributed by atoms with van der Waals surface area (Å²) in [6, 6.07) is 5.52. The molecule has 6 nitrogen and oxygen atoms in total. The van der Waals surface area contributed by atoms with Crippen LogP contribution < -0.4 is 10.6 Å². The minimum absolute atomic E-state index is 0.0100. The Morgan fingerprint density at radius 3 is 3.10 bits per heavy atom. The molecule has 1 aliphatic heterocycles. The van der Waals surface area contributed by atoms with Crippen molar-refractivity contribution in [2.24, 2.45) is 0 Å². The number of hydrogen-bond acceptors (Lipinski definition) is 6. The van der Waals surface area contributed by atoms with Gasteiger partial charge >= 0.3 is 0 Å². The van der Waals surface area contributed by atoms with Crippen molar-refractivity contribution in [2.45, 2.75) is 13.0 Å². The highest BCUT2D eigenvalue weighted by Crippen LogP contribution is 2.23. The third-order valence-corrected chi connectivity index (χ3v) is 4.39. The van der Waals surface area contributed by atoms with Crippen molar-refractivity contribution < 1.29 is 9.21 Å². The van der Waals surface area contributed by atoms with E-state index in [0.29, 0.717) is 5.89 Å². The van der Waals surface area contributed by atoms with E-state index in [1.165, 1.54) is 6.39 Å². The van der Waals surface area contributed by atoms with Gasteiger partial charge in [0.2, 0.25) is 18.2 Å². The smallest absolute Gasteiger partial charge is 0.247 e. The van der Waals surface area contributed by atoms with Gasteiger partial charge in [-0.05, 0) is 30.7 Å². The minimum atomic E-state index is -0.126. The molecule has 1 unspecified atom stereocenters. The van der Waals surface area contributed by atoms with Gasteiger partial charge in [0, 0.05) is 29.3 Å². The lowest BCUT2D eigenvalue weighted by Crippen LogP contribution is -2.46. The molecule has 1 fully saturated rings. The fourth-order valence-electron chi connectivity index (χ4n) is 2.19. The lowest BCUT2D eigenvalue weighted by Gasteiger charge is -2.22. The van der Waals surface area contributed by atoms with Crippen molar-refractivity contribution in [2.75, 3.05) is 23.4 Å². The van der Waals surface area contributed by atoms with Crippen LogP contribution in [0, 0.1) is 6.92 Å². The first-order chi connectivity index (χ1) is 10.2. The fraction of sp³-hybridized carbons (Fsp3) is 0.357. The Kier molecular flexibility index (Phi) is 4.21. The first-order valence-corrected chi connectivity index (χ1v) is 7.88. The van der Waals surface area contributed by atoms with Crippen LogP contribution in [0.5, 0.6) is 0 Å². The lowest BCUT2D eigenvalue weighted by atomic mass is 10.1. The van der Waals surface area contributed by atoms with Gasteiger partial charge in [0.15, 0.2) is 0 Å². The molecule has 1 atom stereocenters. The van der Waals surface area contributed by atoms with Crippen LogP contribution in [-0.4, -0.2) is 40.2 Å². The molecule has 1 aromatic carbocycles. The second kappa shape index (κ2) is 6.28. The fourth-order valence-corrected chi connectivity index (χ4v) is 3.12. The Morgan fingerprint density at radius 1 is 1.52 bits per heavy atom. The van der Waals surface area contributed by atoms with Gasteiger partial charge in [0.05, 0.1) is 6.04 Å². The molecular formula is C14H16N4O2S. The lowest BCUT2D eigenvalue weighted by molar-refractivity contribution is -0.117. The normalized spacial score (nSPS) is 18.4. The number of aromatic nitrogens is 2. The number of carbonyl (C=O) groups is 1. The number of hydrogen-bond donors (Lipinski definition) is 2. The molecule has 0 saturated carbocycles. The number of benzene rings is 1. The number of carbonyl (C=O) groups excluding carboxylic acids is 1. The summed E-state index contributed by atoms with van der Waals surface area (Å²) in [4.78, 5) is 12.2. The van der Waals surface area contributed by atoms with Crippen molar-refractivity contribution >= 4 is 23.4 Å². The van der Waals surface area contributed by atoms with E-state index in [9.17, 15) is 4.79 Å². The van der Waals surface area contributed by atoms with Crippen molar-refractivity contribution in [3.63, 3.8) is 0 Å². The van der Waals surface area contributed by atoms with Crippen LogP contribution in [0.4, 0.5) is 5.69 Å². The Balaban J connectivity index is 1.72. The SMILES string of the molecule is Cc1cc(-c2nnco2)ccc1NC(=O)C1CSCCN1. The quantitative estimate of drug-likeness (QED) is 0.898. The van der Waals surface area contributed by atoms with Crippen LogP contribution in [0.2, 0.25) is 0 Å². The van der Waals surface area contributed by atoms with Gasteiger partial charge < -0.3 is 15.1 Å². The standard InChI is InChI=1S/C14H16N4O2S/c1-9-6-10(14-18-16-8-20-14)2-3-11(9)17-13(19)12-7-21-5-4-15-12/h2-3,6,8,12,15H,4-5,7H2,1H3,(H,17,19). The highest BCUT2D eigenvalue weighted by molar-refractivity contribution is 7.99. The van der Waals surface area contributed by atoms with E-state index in [1.54, 1.807) is 11.8 Å². The summed E-state index contributed by atoms with van der Waals surface area (Å²) in [5.41, 5.74) is 2.61. The summed E-state index contributed by atoms with van der Waals surface area (Å²) in [5.74, 6) is 2.35. The van der Waals surface area contributed by atoms with Crippen molar-refractivity contribution in [1.82, 2.24) is 15.5 Å². The molecule has 3 rings (SSSR count). The number of rotatable bonds is 3. The molecule has 0 spiro atoms. The zero-order chi connectivity index (χ0) is 14.7. The Hall–Kier alpha value is -1.86. The first kappa shape index (κ1) is 14.1. The van der Waals surface area contributed by atoms with Crippen LogP contribution in [0.15, 0.2) is 29.0 Å². The maximum Gasteiger partial charge on any atom is 0.247 e. The number of thioether (sulfide) groups is 1. The summed E-state index contributed by atoms with van der Waals surface area (Å²) >= 11 is 1.80. The largest absolute Gasteiger partial charge is 0.423 e. The van der Waals surface area contributed by atoms with Gasteiger partial charge in [-0.2, -0.15) is 11.8 Å². The van der Waals surface area contributed by atoms with E-state index in [0.717, 1.165) is 34.9 Å². The molecule has 110 valence electrons. The molecule has 0 bridgehead atoms. The summed E-state index contributed by atoms with van der Waals surface area (Å²) in [7, 11) is 0. The van der Waals surface area contributed by atoms with Crippen molar-refractivity contribution in [3.8, 4) is 11.5 Å². The van der Waals surface area contributed by atoms with Gasteiger partial charge in [0.25, 0.3) is 0 Å². The number of amides is 1. The second-order valence-corrected chi connectivity index (χ2v) is 5.99. The van der Waals surface area contributed by atoms with E-state index in [-0.39, 0.29) is 11.9 Å². The predicted molar refractivity (Wildman–Crippen MR) is 82.2 cm³/mol. The highest BCUT2D eigenvalue weighted by Gasteiger charge is 2.21. The average Bonchev–Trinajstić information content (AvgIpc) is 3.04. The summed E-state index contributed by atoms with van der Waals surface area (Å²) in [5, 5.41) is 13.7. The van der Waals surface area contributed by atoms with E-state index < -0.39 is 0 Å². The Morgan fingerprint density at radius 2 is 2.43 bits per heavy atom. The molecule has 2 N–H and O–H groups in total.